The van der Waals surface area contributed by atoms with Crippen LogP contribution in [0.2, 0.25) is 0 Å². The Morgan fingerprint density at radius 1 is 1.17 bits per heavy atom. The van der Waals surface area contributed by atoms with Crippen molar-refractivity contribution in [2.24, 2.45) is 5.92 Å². The third-order valence-electron chi connectivity index (χ3n) is 3.77. The molecule has 0 saturated carbocycles. The van der Waals surface area contributed by atoms with Crippen molar-refractivity contribution in [3.63, 3.8) is 0 Å². The van der Waals surface area contributed by atoms with Gasteiger partial charge in [0.05, 0.1) is 0 Å². The Bertz CT molecular complexity index is 655. The molecule has 0 aliphatic heterocycles. The van der Waals surface area contributed by atoms with E-state index in [9.17, 15) is 4.79 Å². The molecule has 0 fully saturated rings. The average molecular weight is 328 g/mol. The molecule has 4 heteroatoms. The molecule has 0 heterocycles. The zero-order valence-corrected chi connectivity index (χ0v) is 14.9. The Hall–Kier alpha value is -2.07. The topological polar surface area (TPSA) is 41.6 Å². The first-order chi connectivity index (χ1) is 11.6. The number of fused-ring (bicyclic) bond motifs is 1. The van der Waals surface area contributed by atoms with E-state index in [-0.39, 0.29) is 6.03 Å². The van der Waals surface area contributed by atoms with Gasteiger partial charge in [-0.05, 0) is 34.7 Å². The molecule has 0 unspecified atom stereocenters. The number of carbonyl (C=O) groups is 1. The SMILES string of the molecule is CC(C)COCCCNC(=O)N(C)Cc1ccc2ccccc2c1. The fourth-order valence-corrected chi connectivity index (χ4v) is 2.51. The van der Waals surface area contributed by atoms with Gasteiger partial charge < -0.3 is 15.0 Å². The molecule has 0 atom stereocenters. The van der Waals surface area contributed by atoms with E-state index in [4.69, 9.17) is 4.74 Å². The van der Waals surface area contributed by atoms with Crippen LogP contribution in [-0.4, -0.2) is 37.7 Å². The first kappa shape index (κ1) is 18.3. The van der Waals surface area contributed by atoms with E-state index in [2.05, 4.69) is 49.5 Å². The van der Waals surface area contributed by atoms with Crippen molar-refractivity contribution in [1.82, 2.24) is 10.2 Å². The van der Waals surface area contributed by atoms with Crippen molar-refractivity contribution in [3.8, 4) is 0 Å². The van der Waals surface area contributed by atoms with Crippen LogP contribution in [0.5, 0.6) is 0 Å². The van der Waals surface area contributed by atoms with Crippen molar-refractivity contribution >= 4 is 16.8 Å². The van der Waals surface area contributed by atoms with Gasteiger partial charge in [-0.15, -0.1) is 0 Å². The van der Waals surface area contributed by atoms with Crippen molar-refractivity contribution in [2.45, 2.75) is 26.8 Å². The summed E-state index contributed by atoms with van der Waals surface area (Å²) in [5.41, 5.74) is 1.13. The van der Waals surface area contributed by atoms with Gasteiger partial charge in [-0.2, -0.15) is 0 Å². The molecule has 24 heavy (non-hydrogen) atoms. The number of urea groups is 1. The zero-order chi connectivity index (χ0) is 17.4. The lowest BCUT2D eigenvalue weighted by Gasteiger charge is -2.18. The highest BCUT2D eigenvalue weighted by Crippen LogP contribution is 2.16. The van der Waals surface area contributed by atoms with Crippen LogP contribution in [0, 0.1) is 5.92 Å². The number of hydrogen-bond acceptors (Lipinski definition) is 2. The minimum atomic E-state index is -0.0491. The Morgan fingerprint density at radius 2 is 1.92 bits per heavy atom. The van der Waals surface area contributed by atoms with Gasteiger partial charge in [0, 0.05) is 33.4 Å². The zero-order valence-electron chi connectivity index (χ0n) is 14.9. The molecule has 2 aromatic rings. The van der Waals surface area contributed by atoms with Crippen molar-refractivity contribution in [2.75, 3.05) is 26.8 Å². The minimum absolute atomic E-state index is 0.0491. The molecule has 0 bridgehead atoms. The average Bonchev–Trinajstić information content (AvgIpc) is 2.57. The summed E-state index contributed by atoms with van der Waals surface area (Å²) in [6.07, 6.45) is 0.836. The van der Waals surface area contributed by atoms with Gasteiger partial charge in [0.25, 0.3) is 0 Å². The lowest BCUT2D eigenvalue weighted by atomic mass is 10.1. The second kappa shape index (κ2) is 9.28. The van der Waals surface area contributed by atoms with E-state index in [0.29, 0.717) is 25.6 Å². The Balaban J connectivity index is 1.74. The second-order valence-corrected chi connectivity index (χ2v) is 6.59. The van der Waals surface area contributed by atoms with E-state index < -0.39 is 0 Å². The molecule has 0 aromatic heterocycles. The minimum Gasteiger partial charge on any atom is -0.381 e. The molecule has 2 aromatic carbocycles. The molecule has 0 aliphatic carbocycles. The molecule has 2 amide bonds. The van der Waals surface area contributed by atoms with Crippen LogP contribution in [0.3, 0.4) is 0 Å². The molecular formula is C20H28N2O2. The van der Waals surface area contributed by atoms with Crippen molar-refractivity contribution in [3.05, 3.63) is 48.0 Å². The van der Waals surface area contributed by atoms with E-state index in [1.54, 1.807) is 4.90 Å². The number of ether oxygens (including phenoxy) is 1. The summed E-state index contributed by atoms with van der Waals surface area (Å²) in [4.78, 5) is 13.8. The van der Waals surface area contributed by atoms with Gasteiger partial charge in [0.2, 0.25) is 0 Å². The molecule has 0 aliphatic rings. The standard InChI is InChI=1S/C20H28N2O2/c1-16(2)15-24-12-6-11-21-20(23)22(3)14-17-9-10-18-7-4-5-8-19(18)13-17/h4-5,7-10,13,16H,6,11-12,14-15H2,1-3H3,(H,21,23). The highest BCUT2D eigenvalue weighted by molar-refractivity contribution is 5.83. The molecule has 0 spiro atoms. The molecular weight excluding hydrogens is 300 g/mol. The summed E-state index contributed by atoms with van der Waals surface area (Å²) < 4.78 is 5.51. The second-order valence-electron chi connectivity index (χ2n) is 6.59. The van der Waals surface area contributed by atoms with Crippen LogP contribution in [-0.2, 0) is 11.3 Å². The highest BCUT2D eigenvalue weighted by Gasteiger charge is 2.08. The van der Waals surface area contributed by atoms with E-state index in [1.165, 1.54) is 10.8 Å². The van der Waals surface area contributed by atoms with Gasteiger partial charge in [0.1, 0.15) is 0 Å². The molecule has 0 saturated heterocycles. The van der Waals surface area contributed by atoms with Crippen LogP contribution in [0.4, 0.5) is 4.79 Å². The van der Waals surface area contributed by atoms with Crippen LogP contribution in [0.1, 0.15) is 25.8 Å². The van der Waals surface area contributed by atoms with Crippen LogP contribution >= 0.6 is 0 Å². The number of carbonyl (C=O) groups excluding carboxylic acids is 1. The third-order valence-corrected chi connectivity index (χ3v) is 3.77. The summed E-state index contributed by atoms with van der Waals surface area (Å²) in [5.74, 6) is 0.549. The number of benzene rings is 2. The molecule has 130 valence electrons. The number of hydrogen-bond donors (Lipinski definition) is 1. The maximum Gasteiger partial charge on any atom is 0.317 e. The van der Waals surface area contributed by atoms with E-state index in [0.717, 1.165) is 18.6 Å². The Labute approximate surface area is 144 Å². The largest absolute Gasteiger partial charge is 0.381 e. The lowest BCUT2D eigenvalue weighted by Crippen LogP contribution is -2.37. The summed E-state index contributed by atoms with van der Waals surface area (Å²) in [6.45, 7) is 6.95. The fourth-order valence-electron chi connectivity index (χ4n) is 2.51. The summed E-state index contributed by atoms with van der Waals surface area (Å²) in [6, 6.07) is 14.5. The normalized spacial score (nSPS) is 11.0. The van der Waals surface area contributed by atoms with Crippen molar-refractivity contribution in [1.29, 1.82) is 0 Å². The smallest absolute Gasteiger partial charge is 0.317 e. The van der Waals surface area contributed by atoms with Gasteiger partial charge in [0.15, 0.2) is 0 Å². The molecule has 2 rings (SSSR count). The van der Waals surface area contributed by atoms with E-state index in [1.807, 2.05) is 19.2 Å². The number of rotatable bonds is 8. The summed E-state index contributed by atoms with van der Waals surface area (Å²) in [5, 5.41) is 5.35. The van der Waals surface area contributed by atoms with Gasteiger partial charge in [-0.25, -0.2) is 4.79 Å². The highest BCUT2D eigenvalue weighted by atomic mass is 16.5. The predicted octanol–water partition coefficient (Wildman–Crippen LogP) is 4.04. The summed E-state index contributed by atoms with van der Waals surface area (Å²) >= 11 is 0. The monoisotopic (exact) mass is 328 g/mol. The Kier molecular flexibility index (Phi) is 7.07. The number of amides is 2. The fraction of sp³-hybridized carbons (Fsp3) is 0.450. The van der Waals surface area contributed by atoms with E-state index >= 15 is 0 Å². The van der Waals surface area contributed by atoms with Gasteiger partial charge >= 0.3 is 6.03 Å². The van der Waals surface area contributed by atoms with Crippen LogP contribution in [0.25, 0.3) is 10.8 Å². The van der Waals surface area contributed by atoms with Crippen LogP contribution < -0.4 is 5.32 Å². The predicted molar refractivity (Wildman–Crippen MR) is 99.1 cm³/mol. The third kappa shape index (κ3) is 5.85. The van der Waals surface area contributed by atoms with Crippen molar-refractivity contribution < 1.29 is 9.53 Å². The molecule has 0 radical (unpaired) electrons. The van der Waals surface area contributed by atoms with Gasteiger partial charge in [-0.1, -0.05) is 50.2 Å². The van der Waals surface area contributed by atoms with Gasteiger partial charge in [-0.3, -0.25) is 0 Å². The summed E-state index contributed by atoms with van der Waals surface area (Å²) in [7, 11) is 1.82. The molecule has 4 nitrogen and oxygen atoms in total. The van der Waals surface area contributed by atoms with Crippen LogP contribution in [0.15, 0.2) is 42.5 Å². The quantitative estimate of drug-likeness (QED) is 0.743. The maximum atomic E-state index is 12.1. The first-order valence-electron chi connectivity index (χ1n) is 8.60. The Morgan fingerprint density at radius 3 is 2.67 bits per heavy atom. The first-order valence-corrected chi connectivity index (χ1v) is 8.60. The number of nitrogens with one attached hydrogen (secondary N) is 1. The maximum absolute atomic E-state index is 12.1. The lowest BCUT2D eigenvalue weighted by molar-refractivity contribution is 0.108. The molecule has 1 N–H and O–H groups in total. The number of nitrogens with zero attached hydrogens (tertiary/aromatic N) is 1.